The number of carbonyl (C=O) groups is 1. The Hall–Kier alpha value is -2.38. The molecule has 1 N–H and O–H groups in total. The zero-order valence-corrected chi connectivity index (χ0v) is 16.6. The average molecular weight is 375 g/mol. The first-order valence-electron chi connectivity index (χ1n) is 8.25. The van der Waals surface area contributed by atoms with E-state index in [1.165, 1.54) is 14.1 Å². The molecule has 0 unspecified atom stereocenters. The van der Waals surface area contributed by atoms with Crippen molar-refractivity contribution < 1.29 is 13.2 Å². The molecule has 0 heterocycles. The van der Waals surface area contributed by atoms with Gasteiger partial charge in [-0.05, 0) is 50.1 Å². The van der Waals surface area contributed by atoms with Gasteiger partial charge in [0.25, 0.3) is 0 Å². The van der Waals surface area contributed by atoms with Crippen LogP contribution in [-0.2, 0) is 15.0 Å². The first kappa shape index (κ1) is 19.9. The SMILES string of the molecule is Cc1ccc(NC(=O)CN(c2cc(C)ccc2C)S(=O)(=O)N(C)C)cc1. The first-order chi connectivity index (χ1) is 12.1. The molecule has 2 aromatic rings. The van der Waals surface area contributed by atoms with E-state index in [4.69, 9.17) is 0 Å². The number of aryl methyl sites for hydroxylation is 3. The third kappa shape index (κ3) is 4.62. The van der Waals surface area contributed by atoms with E-state index in [1.807, 2.05) is 45.0 Å². The number of hydrogen-bond donors (Lipinski definition) is 1. The molecule has 0 aromatic heterocycles. The standard InChI is InChI=1S/C19H25N3O3S/c1-14-7-10-17(11-8-14)20-19(23)13-22(26(24,25)21(4)5)18-12-15(2)6-9-16(18)3/h6-12H,13H2,1-5H3,(H,20,23). The fraction of sp³-hybridized carbons (Fsp3) is 0.316. The molecule has 6 nitrogen and oxygen atoms in total. The summed E-state index contributed by atoms with van der Waals surface area (Å²) in [7, 11) is -0.920. The summed E-state index contributed by atoms with van der Waals surface area (Å²) in [5.74, 6) is -0.403. The predicted octanol–water partition coefficient (Wildman–Crippen LogP) is 2.86. The van der Waals surface area contributed by atoms with Crippen molar-refractivity contribution in [1.29, 1.82) is 0 Å². The smallest absolute Gasteiger partial charge is 0.304 e. The van der Waals surface area contributed by atoms with Gasteiger partial charge in [-0.3, -0.25) is 4.79 Å². The number of nitrogens with zero attached hydrogens (tertiary/aromatic N) is 2. The Balaban J connectivity index is 2.34. The van der Waals surface area contributed by atoms with Crippen molar-refractivity contribution >= 4 is 27.5 Å². The van der Waals surface area contributed by atoms with Gasteiger partial charge in [0.2, 0.25) is 5.91 Å². The highest BCUT2D eigenvalue weighted by atomic mass is 32.2. The maximum Gasteiger partial charge on any atom is 0.304 e. The van der Waals surface area contributed by atoms with Crippen LogP contribution in [0.25, 0.3) is 0 Å². The molecule has 26 heavy (non-hydrogen) atoms. The van der Waals surface area contributed by atoms with Crippen LogP contribution in [0.1, 0.15) is 16.7 Å². The summed E-state index contributed by atoms with van der Waals surface area (Å²) >= 11 is 0. The Kier molecular flexibility index (Phi) is 6.05. The van der Waals surface area contributed by atoms with Crippen LogP contribution in [0.5, 0.6) is 0 Å². The van der Waals surface area contributed by atoms with Crippen molar-refractivity contribution in [2.75, 3.05) is 30.3 Å². The minimum atomic E-state index is -3.82. The molecule has 0 aliphatic carbocycles. The van der Waals surface area contributed by atoms with Gasteiger partial charge >= 0.3 is 10.2 Å². The van der Waals surface area contributed by atoms with Crippen molar-refractivity contribution in [3.8, 4) is 0 Å². The molecule has 0 bridgehead atoms. The average Bonchev–Trinajstić information content (AvgIpc) is 2.57. The van der Waals surface area contributed by atoms with Gasteiger partial charge in [-0.2, -0.15) is 12.7 Å². The van der Waals surface area contributed by atoms with E-state index in [-0.39, 0.29) is 6.54 Å². The highest BCUT2D eigenvalue weighted by Crippen LogP contribution is 2.25. The van der Waals surface area contributed by atoms with Crippen molar-refractivity contribution in [2.24, 2.45) is 0 Å². The number of carbonyl (C=O) groups excluding carboxylic acids is 1. The second kappa shape index (κ2) is 7.88. The fourth-order valence-corrected chi connectivity index (χ4v) is 3.56. The number of amides is 1. The van der Waals surface area contributed by atoms with Crippen LogP contribution in [0.2, 0.25) is 0 Å². The van der Waals surface area contributed by atoms with Gasteiger partial charge in [0.05, 0.1) is 5.69 Å². The number of hydrogen-bond acceptors (Lipinski definition) is 3. The lowest BCUT2D eigenvalue weighted by Crippen LogP contribution is -2.44. The van der Waals surface area contributed by atoms with Gasteiger partial charge in [-0.1, -0.05) is 29.8 Å². The second-order valence-electron chi connectivity index (χ2n) is 6.50. The van der Waals surface area contributed by atoms with E-state index >= 15 is 0 Å². The molecule has 7 heteroatoms. The molecule has 0 fully saturated rings. The molecule has 140 valence electrons. The third-order valence-corrected chi connectivity index (χ3v) is 5.80. The number of rotatable bonds is 6. The van der Waals surface area contributed by atoms with Crippen LogP contribution < -0.4 is 9.62 Å². The van der Waals surface area contributed by atoms with E-state index in [9.17, 15) is 13.2 Å². The normalized spacial score (nSPS) is 11.5. The van der Waals surface area contributed by atoms with Gasteiger partial charge in [0.15, 0.2) is 0 Å². The molecule has 0 radical (unpaired) electrons. The van der Waals surface area contributed by atoms with E-state index in [0.29, 0.717) is 11.4 Å². The van der Waals surface area contributed by atoms with Gasteiger partial charge < -0.3 is 5.32 Å². The van der Waals surface area contributed by atoms with E-state index in [2.05, 4.69) is 5.32 Å². The zero-order chi connectivity index (χ0) is 19.5. The van der Waals surface area contributed by atoms with E-state index in [1.54, 1.807) is 18.2 Å². The summed E-state index contributed by atoms with van der Waals surface area (Å²) in [4.78, 5) is 12.5. The molecule has 0 saturated heterocycles. The minimum absolute atomic E-state index is 0.307. The topological polar surface area (TPSA) is 69.7 Å². The quantitative estimate of drug-likeness (QED) is 0.844. The van der Waals surface area contributed by atoms with Crippen LogP contribution in [0.15, 0.2) is 42.5 Å². The monoisotopic (exact) mass is 375 g/mol. The van der Waals surface area contributed by atoms with Crippen LogP contribution in [0, 0.1) is 20.8 Å². The third-order valence-electron chi connectivity index (χ3n) is 4.00. The number of nitrogens with one attached hydrogen (secondary N) is 1. The van der Waals surface area contributed by atoms with Crippen molar-refractivity contribution in [3.05, 3.63) is 59.2 Å². The molecular weight excluding hydrogens is 350 g/mol. The van der Waals surface area contributed by atoms with Crippen LogP contribution in [0.3, 0.4) is 0 Å². The Morgan fingerprint density at radius 2 is 1.54 bits per heavy atom. The number of benzene rings is 2. The van der Waals surface area contributed by atoms with Gasteiger partial charge in [0.1, 0.15) is 6.54 Å². The van der Waals surface area contributed by atoms with Crippen LogP contribution in [-0.4, -0.2) is 39.3 Å². The second-order valence-corrected chi connectivity index (χ2v) is 8.57. The molecule has 0 atom stereocenters. The summed E-state index contributed by atoms with van der Waals surface area (Å²) in [6, 6.07) is 12.9. The summed E-state index contributed by atoms with van der Waals surface area (Å²) in [5, 5.41) is 2.75. The summed E-state index contributed by atoms with van der Waals surface area (Å²) < 4.78 is 27.8. The zero-order valence-electron chi connectivity index (χ0n) is 15.8. The van der Waals surface area contributed by atoms with Crippen molar-refractivity contribution in [3.63, 3.8) is 0 Å². The molecule has 0 aliphatic heterocycles. The maximum absolute atomic E-state index is 12.8. The molecule has 0 spiro atoms. The number of anilines is 2. The van der Waals surface area contributed by atoms with E-state index < -0.39 is 16.1 Å². The highest BCUT2D eigenvalue weighted by molar-refractivity contribution is 7.90. The molecule has 0 aliphatic rings. The van der Waals surface area contributed by atoms with Crippen molar-refractivity contribution in [1.82, 2.24) is 4.31 Å². The van der Waals surface area contributed by atoms with Crippen LogP contribution in [0.4, 0.5) is 11.4 Å². The Morgan fingerprint density at radius 3 is 2.12 bits per heavy atom. The predicted molar refractivity (Wildman–Crippen MR) is 106 cm³/mol. The fourth-order valence-electron chi connectivity index (χ4n) is 2.44. The Bertz CT molecular complexity index is 891. The lowest BCUT2D eigenvalue weighted by atomic mass is 10.1. The summed E-state index contributed by atoms with van der Waals surface area (Å²) in [6.07, 6.45) is 0. The Labute approximate surface area is 155 Å². The summed E-state index contributed by atoms with van der Waals surface area (Å²) in [5.41, 5.74) is 3.91. The highest BCUT2D eigenvalue weighted by Gasteiger charge is 2.28. The van der Waals surface area contributed by atoms with E-state index in [0.717, 1.165) is 25.3 Å². The minimum Gasteiger partial charge on any atom is -0.325 e. The molecule has 2 aromatic carbocycles. The molecule has 1 amide bonds. The molecule has 2 rings (SSSR count). The van der Waals surface area contributed by atoms with Crippen molar-refractivity contribution in [2.45, 2.75) is 20.8 Å². The summed E-state index contributed by atoms with van der Waals surface area (Å²) in [6.45, 7) is 5.36. The van der Waals surface area contributed by atoms with Gasteiger partial charge in [-0.25, -0.2) is 4.31 Å². The van der Waals surface area contributed by atoms with Gasteiger partial charge in [-0.15, -0.1) is 0 Å². The first-order valence-corrected chi connectivity index (χ1v) is 9.65. The maximum atomic E-state index is 12.8. The lowest BCUT2D eigenvalue weighted by molar-refractivity contribution is -0.114. The van der Waals surface area contributed by atoms with Crippen LogP contribution >= 0.6 is 0 Å². The largest absolute Gasteiger partial charge is 0.325 e. The van der Waals surface area contributed by atoms with Gasteiger partial charge in [0, 0.05) is 19.8 Å². The lowest BCUT2D eigenvalue weighted by Gasteiger charge is -2.28. The Morgan fingerprint density at radius 1 is 0.962 bits per heavy atom. The molecular formula is C19H25N3O3S. The molecule has 0 saturated carbocycles.